The first kappa shape index (κ1) is 21.4. The summed E-state index contributed by atoms with van der Waals surface area (Å²) in [7, 11) is -2.31. The quantitative estimate of drug-likeness (QED) is 0.614. The largest absolute Gasteiger partial charge is 0.337 e. The van der Waals surface area contributed by atoms with Gasteiger partial charge in [-0.15, -0.1) is 0 Å². The van der Waals surface area contributed by atoms with Crippen molar-refractivity contribution in [3.63, 3.8) is 0 Å². The Hall–Kier alpha value is -2.88. The molecule has 0 unspecified atom stereocenters. The van der Waals surface area contributed by atoms with Gasteiger partial charge in [0.25, 0.3) is 15.9 Å². The molecule has 2 heterocycles. The summed E-state index contributed by atoms with van der Waals surface area (Å²) in [6.45, 7) is 0.384. The van der Waals surface area contributed by atoms with Crippen LogP contribution in [0.15, 0.2) is 83.7 Å². The number of hydrogen-bond acceptors (Lipinski definition) is 6. The van der Waals surface area contributed by atoms with E-state index in [4.69, 9.17) is 11.6 Å². The topological polar surface area (TPSA) is 81.8 Å². The van der Waals surface area contributed by atoms with Crippen molar-refractivity contribution in [2.24, 2.45) is 0 Å². The smallest absolute Gasteiger partial charge is 0.264 e. The van der Waals surface area contributed by atoms with Crippen molar-refractivity contribution >= 4 is 45.4 Å². The number of benzene rings is 2. The van der Waals surface area contributed by atoms with Crippen LogP contribution in [0.4, 0.5) is 5.69 Å². The van der Waals surface area contributed by atoms with Gasteiger partial charge >= 0.3 is 0 Å². The van der Waals surface area contributed by atoms with E-state index in [1.807, 2.05) is 30.3 Å². The average molecular weight is 475 g/mol. The Labute approximate surface area is 190 Å². The molecule has 7 nitrogen and oxygen atoms in total. The Morgan fingerprint density at radius 1 is 1.23 bits per heavy atom. The van der Waals surface area contributed by atoms with Gasteiger partial charge in [0, 0.05) is 31.0 Å². The van der Waals surface area contributed by atoms with Crippen LogP contribution < -0.4 is 9.44 Å². The fourth-order valence-electron chi connectivity index (χ4n) is 3.19. The van der Waals surface area contributed by atoms with E-state index >= 15 is 0 Å². The highest BCUT2D eigenvalue weighted by Gasteiger charge is 2.30. The number of nitrogens with zero attached hydrogens (tertiary/aromatic N) is 2. The molecule has 0 aliphatic carbocycles. The van der Waals surface area contributed by atoms with E-state index in [-0.39, 0.29) is 22.1 Å². The maximum atomic E-state index is 13.2. The second-order valence-corrected chi connectivity index (χ2v) is 9.78. The molecule has 2 aliphatic rings. The van der Waals surface area contributed by atoms with Gasteiger partial charge in [0.05, 0.1) is 29.1 Å². The van der Waals surface area contributed by atoms with E-state index in [0.717, 1.165) is 5.56 Å². The van der Waals surface area contributed by atoms with Gasteiger partial charge in [0.2, 0.25) is 0 Å². The second-order valence-electron chi connectivity index (χ2n) is 6.88. The Bertz CT molecular complexity index is 1210. The zero-order valence-electron chi connectivity index (χ0n) is 16.4. The molecule has 2 aliphatic heterocycles. The zero-order valence-corrected chi connectivity index (χ0v) is 18.8. The molecule has 31 heavy (non-hydrogen) atoms. The highest BCUT2D eigenvalue weighted by Crippen LogP contribution is 2.34. The summed E-state index contributed by atoms with van der Waals surface area (Å²) in [4.78, 5) is 14.7. The minimum Gasteiger partial charge on any atom is -0.337 e. The molecule has 0 bridgehead atoms. The molecule has 2 aromatic carbocycles. The molecule has 160 valence electrons. The maximum absolute atomic E-state index is 13.2. The van der Waals surface area contributed by atoms with E-state index in [9.17, 15) is 13.2 Å². The van der Waals surface area contributed by atoms with E-state index in [1.54, 1.807) is 35.9 Å². The lowest BCUT2D eigenvalue weighted by Crippen LogP contribution is -2.28. The van der Waals surface area contributed by atoms with Gasteiger partial charge in [-0.3, -0.25) is 13.8 Å². The first-order valence-corrected chi connectivity index (χ1v) is 11.9. The van der Waals surface area contributed by atoms with Crippen LogP contribution in [0.3, 0.4) is 0 Å². The molecule has 0 saturated carbocycles. The molecule has 1 amide bonds. The van der Waals surface area contributed by atoms with Crippen LogP contribution in [0.1, 0.15) is 15.9 Å². The predicted molar refractivity (Wildman–Crippen MR) is 124 cm³/mol. The Morgan fingerprint density at radius 2 is 2.00 bits per heavy atom. The summed E-state index contributed by atoms with van der Waals surface area (Å²) in [5.41, 5.74) is 1.80. The van der Waals surface area contributed by atoms with Crippen LogP contribution >= 0.6 is 23.7 Å². The van der Waals surface area contributed by atoms with Gasteiger partial charge in [-0.1, -0.05) is 41.9 Å². The van der Waals surface area contributed by atoms with Crippen LogP contribution in [0, 0.1) is 0 Å². The van der Waals surface area contributed by atoms with E-state index < -0.39 is 10.0 Å². The number of sulfonamides is 1. The third-order valence-corrected chi connectivity index (χ3v) is 7.05. The van der Waals surface area contributed by atoms with Crippen molar-refractivity contribution in [2.75, 3.05) is 11.8 Å². The maximum Gasteiger partial charge on any atom is 0.264 e. The molecule has 10 heteroatoms. The fraction of sp³-hybridized carbons (Fsp3) is 0.0952. The van der Waals surface area contributed by atoms with Gasteiger partial charge in [-0.05, 0) is 35.9 Å². The van der Waals surface area contributed by atoms with E-state index in [1.165, 1.54) is 35.2 Å². The SMILES string of the molecule is CN(Cc1ccccc1)C(=O)c1ccc(Cl)cc1NS(=O)(=O)C1=CC=CN2SNC=C12. The molecule has 0 aromatic heterocycles. The molecule has 2 N–H and O–H groups in total. The van der Waals surface area contributed by atoms with Crippen LogP contribution in [-0.2, 0) is 16.6 Å². The summed E-state index contributed by atoms with van der Waals surface area (Å²) in [6, 6.07) is 14.1. The molecule has 0 spiro atoms. The lowest BCUT2D eigenvalue weighted by Gasteiger charge is -2.22. The third-order valence-electron chi connectivity index (χ3n) is 4.66. The normalized spacial score (nSPS) is 15.0. The monoisotopic (exact) mass is 474 g/mol. The van der Waals surface area contributed by atoms with Crippen LogP contribution in [0.2, 0.25) is 5.02 Å². The molecule has 0 radical (unpaired) electrons. The predicted octanol–water partition coefficient (Wildman–Crippen LogP) is 4.07. The molecule has 2 aromatic rings. The lowest BCUT2D eigenvalue weighted by atomic mass is 10.1. The van der Waals surface area contributed by atoms with E-state index in [2.05, 4.69) is 9.44 Å². The number of allylic oxidation sites excluding steroid dienone is 2. The zero-order chi connectivity index (χ0) is 22.0. The highest BCUT2D eigenvalue weighted by atomic mass is 35.5. The highest BCUT2D eigenvalue weighted by molar-refractivity contribution is 7.97. The summed E-state index contributed by atoms with van der Waals surface area (Å²) in [5, 5.41) is 0.316. The summed E-state index contributed by atoms with van der Waals surface area (Å²) < 4.78 is 33.5. The number of anilines is 1. The van der Waals surface area contributed by atoms with Crippen molar-refractivity contribution in [3.8, 4) is 0 Å². The van der Waals surface area contributed by atoms with Gasteiger partial charge in [0.15, 0.2) is 0 Å². The number of hydrogen-bond donors (Lipinski definition) is 2. The van der Waals surface area contributed by atoms with Gasteiger partial charge in [-0.2, -0.15) is 0 Å². The summed E-state index contributed by atoms with van der Waals surface area (Å²) >= 11 is 7.37. The van der Waals surface area contributed by atoms with Crippen molar-refractivity contribution in [1.29, 1.82) is 0 Å². The number of carbonyl (C=O) groups excluding carboxylic acids is 1. The lowest BCUT2D eigenvalue weighted by molar-refractivity contribution is 0.0786. The van der Waals surface area contributed by atoms with Gasteiger partial charge < -0.3 is 9.62 Å². The average Bonchev–Trinajstić information content (AvgIpc) is 3.22. The number of amides is 1. The van der Waals surface area contributed by atoms with Crippen LogP contribution in [-0.4, -0.2) is 30.6 Å². The number of rotatable bonds is 6. The molecule has 0 fully saturated rings. The minimum absolute atomic E-state index is 0.0866. The van der Waals surface area contributed by atoms with Crippen molar-refractivity contribution in [2.45, 2.75) is 6.54 Å². The Balaban J connectivity index is 1.62. The molecule has 4 rings (SSSR count). The number of fused-ring (bicyclic) bond motifs is 1. The fourth-order valence-corrected chi connectivity index (χ4v) is 5.33. The van der Waals surface area contributed by atoms with Crippen LogP contribution in [0.25, 0.3) is 0 Å². The third kappa shape index (κ3) is 4.58. The number of carbonyl (C=O) groups is 1. The molecule has 0 atom stereocenters. The standard InChI is InChI=1S/C21H19ClN4O3S2/c1-25(14-15-6-3-2-4-7-15)21(27)17-10-9-16(22)12-18(17)24-31(28,29)20-8-5-11-26-19(20)13-23-30-26/h2-13,23-24H,14H2,1H3. The summed E-state index contributed by atoms with van der Waals surface area (Å²) in [5.74, 6) is -0.324. The summed E-state index contributed by atoms with van der Waals surface area (Å²) in [6.07, 6.45) is 6.51. The van der Waals surface area contributed by atoms with Crippen molar-refractivity contribution < 1.29 is 13.2 Å². The first-order chi connectivity index (χ1) is 14.8. The van der Waals surface area contributed by atoms with E-state index in [0.29, 0.717) is 17.3 Å². The van der Waals surface area contributed by atoms with Gasteiger partial charge in [0.1, 0.15) is 4.91 Å². The number of halogens is 1. The van der Waals surface area contributed by atoms with Gasteiger partial charge in [-0.25, -0.2) is 8.42 Å². The van der Waals surface area contributed by atoms with Crippen molar-refractivity contribution in [1.82, 2.24) is 13.9 Å². The first-order valence-electron chi connectivity index (χ1n) is 9.28. The minimum atomic E-state index is -3.98. The second kappa shape index (κ2) is 8.70. The molecule has 0 saturated heterocycles. The Morgan fingerprint density at radius 3 is 2.77 bits per heavy atom. The Kier molecular flexibility index (Phi) is 5.99. The molecular weight excluding hydrogens is 456 g/mol. The number of nitrogens with one attached hydrogen (secondary N) is 2. The van der Waals surface area contributed by atoms with Crippen LogP contribution in [0.5, 0.6) is 0 Å². The molecular formula is C21H19ClN4O3S2. The van der Waals surface area contributed by atoms with Crippen molar-refractivity contribution in [3.05, 3.63) is 99.8 Å².